The molecule has 1 fully saturated rings. The highest BCUT2D eigenvalue weighted by Gasteiger charge is 2.34. The molecule has 29 heavy (non-hydrogen) atoms. The van der Waals surface area contributed by atoms with Crippen molar-refractivity contribution in [1.29, 1.82) is 0 Å². The van der Waals surface area contributed by atoms with E-state index >= 15 is 0 Å². The molecule has 4 rings (SSSR count). The fourth-order valence-corrected chi connectivity index (χ4v) is 4.35. The number of ether oxygens (including phenoxy) is 1. The van der Waals surface area contributed by atoms with Crippen molar-refractivity contribution in [2.45, 2.75) is 58.1 Å². The Morgan fingerprint density at radius 3 is 2.69 bits per heavy atom. The van der Waals surface area contributed by atoms with Crippen LogP contribution in [0.25, 0.3) is 5.65 Å². The lowest BCUT2D eigenvalue weighted by molar-refractivity contribution is 0.00898. The zero-order valence-corrected chi connectivity index (χ0v) is 18.4. The summed E-state index contributed by atoms with van der Waals surface area (Å²) in [4.78, 5) is 23.9. The molecule has 2 aromatic heterocycles. The Balaban J connectivity index is 1.75. The zero-order valence-electron chi connectivity index (χ0n) is 18.4. The van der Waals surface area contributed by atoms with Gasteiger partial charge in [0.2, 0.25) is 0 Å². The van der Waals surface area contributed by atoms with Crippen molar-refractivity contribution in [2.24, 2.45) is 0 Å². The normalized spacial score (nSPS) is 19.6. The Morgan fingerprint density at radius 2 is 2.00 bits per heavy atom. The lowest BCUT2D eigenvalue weighted by Gasteiger charge is -2.35. The summed E-state index contributed by atoms with van der Waals surface area (Å²) in [6.45, 7) is 7.37. The molecule has 0 aromatic carbocycles. The average molecular weight is 401 g/mol. The van der Waals surface area contributed by atoms with Gasteiger partial charge in [0.25, 0.3) is 0 Å². The van der Waals surface area contributed by atoms with Crippen molar-refractivity contribution in [1.82, 2.24) is 19.5 Å². The molecule has 4 heterocycles. The molecule has 1 amide bonds. The Bertz CT molecular complexity index is 929. The summed E-state index contributed by atoms with van der Waals surface area (Å²) in [6.07, 6.45) is 3.65. The van der Waals surface area contributed by atoms with Gasteiger partial charge in [0.15, 0.2) is 5.65 Å². The highest BCUT2D eigenvalue weighted by molar-refractivity contribution is 5.70. The van der Waals surface area contributed by atoms with Gasteiger partial charge < -0.3 is 14.5 Å². The molecular weight excluding hydrogens is 368 g/mol. The second-order valence-corrected chi connectivity index (χ2v) is 9.33. The van der Waals surface area contributed by atoms with Crippen LogP contribution in [0.4, 0.5) is 16.4 Å². The molecule has 2 aliphatic rings. The molecule has 0 bridgehead atoms. The maximum atomic E-state index is 12.8. The Hall–Kier alpha value is -2.51. The smallest absolute Gasteiger partial charge is 0.410 e. The van der Waals surface area contributed by atoms with Crippen LogP contribution in [0.15, 0.2) is 6.07 Å². The third-order valence-electron chi connectivity index (χ3n) is 5.62. The number of likely N-dealkylation sites (N-methyl/N-ethyl adjacent to an activating group) is 1. The van der Waals surface area contributed by atoms with Gasteiger partial charge in [-0.3, -0.25) is 4.90 Å². The molecule has 0 N–H and O–H groups in total. The van der Waals surface area contributed by atoms with Gasteiger partial charge in [0.1, 0.15) is 17.2 Å². The number of amides is 1. The minimum atomic E-state index is -0.511. The summed E-state index contributed by atoms with van der Waals surface area (Å²) in [5.41, 5.74) is 2.43. The summed E-state index contributed by atoms with van der Waals surface area (Å²) >= 11 is 0. The van der Waals surface area contributed by atoms with Crippen molar-refractivity contribution in [2.75, 3.05) is 44.0 Å². The number of carbonyl (C=O) groups excluding carboxylic acids is 1. The first-order chi connectivity index (χ1) is 13.7. The molecule has 0 spiro atoms. The van der Waals surface area contributed by atoms with Crippen molar-refractivity contribution in [3.05, 3.63) is 17.3 Å². The van der Waals surface area contributed by atoms with E-state index in [-0.39, 0.29) is 12.1 Å². The predicted molar refractivity (Wildman–Crippen MR) is 114 cm³/mol. The molecule has 1 unspecified atom stereocenters. The molecule has 0 radical (unpaired) electrons. The van der Waals surface area contributed by atoms with Gasteiger partial charge in [-0.25, -0.2) is 9.78 Å². The molecule has 158 valence electrons. The average Bonchev–Trinajstić information content (AvgIpc) is 3.22. The monoisotopic (exact) mass is 400 g/mol. The number of likely N-dealkylation sites (tertiary alicyclic amines) is 1. The number of aromatic nitrogens is 3. The number of rotatable bonds is 2. The van der Waals surface area contributed by atoms with Crippen molar-refractivity contribution in [3.63, 3.8) is 0 Å². The predicted octanol–water partition coefficient (Wildman–Crippen LogP) is 3.25. The van der Waals surface area contributed by atoms with Crippen LogP contribution in [0.3, 0.4) is 0 Å². The van der Waals surface area contributed by atoms with E-state index in [9.17, 15) is 4.79 Å². The minimum Gasteiger partial charge on any atom is -0.444 e. The topological polar surface area (TPSA) is 66.2 Å². The van der Waals surface area contributed by atoms with E-state index < -0.39 is 5.60 Å². The maximum Gasteiger partial charge on any atom is 0.410 e. The van der Waals surface area contributed by atoms with Crippen LogP contribution in [-0.4, -0.2) is 65.4 Å². The molecule has 0 saturated carbocycles. The van der Waals surface area contributed by atoms with Crippen LogP contribution in [-0.2, 0) is 11.2 Å². The quantitative estimate of drug-likeness (QED) is 0.771. The Kier molecular flexibility index (Phi) is 4.83. The molecule has 2 aliphatic heterocycles. The Morgan fingerprint density at radius 1 is 1.24 bits per heavy atom. The van der Waals surface area contributed by atoms with Crippen LogP contribution in [0.2, 0.25) is 0 Å². The van der Waals surface area contributed by atoms with Crippen molar-refractivity contribution >= 4 is 23.4 Å². The van der Waals surface area contributed by atoms with E-state index in [2.05, 4.69) is 16.8 Å². The van der Waals surface area contributed by atoms with Crippen molar-refractivity contribution < 1.29 is 9.53 Å². The largest absolute Gasteiger partial charge is 0.444 e. The Labute approximate surface area is 172 Å². The second-order valence-electron chi connectivity index (χ2n) is 9.33. The van der Waals surface area contributed by atoms with Crippen LogP contribution in [0, 0.1) is 0 Å². The first kappa shape index (κ1) is 19.8. The van der Waals surface area contributed by atoms with Gasteiger partial charge in [-0.1, -0.05) is 0 Å². The highest BCUT2D eigenvalue weighted by atomic mass is 16.6. The molecule has 8 nitrogen and oxygen atoms in total. The molecule has 1 atom stereocenters. The minimum absolute atomic E-state index is 0.0807. The maximum absolute atomic E-state index is 12.8. The molecular formula is C21H32N6O2. The van der Waals surface area contributed by atoms with Gasteiger partial charge in [0.05, 0.1) is 11.7 Å². The third-order valence-corrected chi connectivity index (χ3v) is 5.62. The molecule has 0 aliphatic carbocycles. The van der Waals surface area contributed by atoms with Gasteiger partial charge in [-0.05, 0) is 46.5 Å². The fraction of sp³-hybridized carbons (Fsp3) is 0.667. The molecule has 2 aromatic rings. The SMILES string of the molecule is CN(C)c1c2c(nc3cc(C4CCCCN4C(=O)OC(C)(C)C)nn13)N(C)CC2. The van der Waals surface area contributed by atoms with Gasteiger partial charge in [0, 0.05) is 45.9 Å². The summed E-state index contributed by atoms with van der Waals surface area (Å²) < 4.78 is 7.61. The van der Waals surface area contributed by atoms with Gasteiger partial charge >= 0.3 is 6.09 Å². The fourth-order valence-electron chi connectivity index (χ4n) is 4.35. The van der Waals surface area contributed by atoms with E-state index in [0.29, 0.717) is 6.54 Å². The summed E-state index contributed by atoms with van der Waals surface area (Å²) in [6, 6.07) is 1.95. The third kappa shape index (κ3) is 3.60. The van der Waals surface area contributed by atoms with Crippen LogP contribution in [0.1, 0.15) is 57.3 Å². The van der Waals surface area contributed by atoms with Crippen LogP contribution < -0.4 is 9.80 Å². The van der Waals surface area contributed by atoms with E-state index in [1.807, 2.05) is 50.3 Å². The first-order valence-electron chi connectivity index (χ1n) is 10.5. The summed E-state index contributed by atoms with van der Waals surface area (Å²) in [5, 5.41) is 4.93. The summed E-state index contributed by atoms with van der Waals surface area (Å²) in [7, 11) is 6.17. The molecule has 1 saturated heterocycles. The second kappa shape index (κ2) is 7.07. The lowest BCUT2D eigenvalue weighted by Crippen LogP contribution is -2.42. The van der Waals surface area contributed by atoms with E-state index in [1.54, 1.807) is 0 Å². The van der Waals surface area contributed by atoms with Gasteiger partial charge in [-0.15, -0.1) is 0 Å². The van der Waals surface area contributed by atoms with E-state index in [4.69, 9.17) is 14.8 Å². The van der Waals surface area contributed by atoms with E-state index in [1.165, 1.54) is 5.56 Å². The van der Waals surface area contributed by atoms with Crippen LogP contribution >= 0.6 is 0 Å². The highest BCUT2D eigenvalue weighted by Crippen LogP contribution is 2.36. The first-order valence-corrected chi connectivity index (χ1v) is 10.5. The number of piperidine rings is 1. The van der Waals surface area contributed by atoms with Crippen molar-refractivity contribution in [3.8, 4) is 0 Å². The number of anilines is 2. The van der Waals surface area contributed by atoms with Crippen LogP contribution in [0.5, 0.6) is 0 Å². The number of hydrogen-bond acceptors (Lipinski definition) is 6. The van der Waals surface area contributed by atoms with Gasteiger partial charge in [-0.2, -0.15) is 9.61 Å². The molecule has 8 heteroatoms. The zero-order chi connectivity index (χ0) is 20.9. The number of hydrogen-bond donors (Lipinski definition) is 0. The lowest BCUT2D eigenvalue weighted by atomic mass is 10.00. The number of carbonyl (C=O) groups is 1. The number of fused-ring (bicyclic) bond motifs is 2. The number of nitrogens with zero attached hydrogens (tertiary/aromatic N) is 6. The standard InChI is InChI=1S/C21H32N6O2/c1-21(2,3)29-20(28)26-11-8-7-9-16(26)15-13-17-22-18-14(10-12-25(18)6)19(24(4)5)27(17)23-15/h13,16H,7-12H2,1-6H3. The van der Waals surface area contributed by atoms with E-state index in [0.717, 1.165) is 55.2 Å². The summed E-state index contributed by atoms with van der Waals surface area (Å²) in [5.74, 6) is 2.10.